The first kappa shape index (κ1) is 11.5. The lowest BCUT2D eigenvalue weighted by molar-refractivity contribution is 0.457. The molecule has 82 valence electrons. The third-order valence-electron chi connectivity index (χ3n) is 1.82. The van der Waals surface area contributed by atoms with Gasteiger partial charge in [0.05, 0.1) is 11.1 Å². The highest BCUT2D eigenvalue weighted by Crippen LogP contribution is 2.21. The van der Waals surface area contributed by atoms with Crippen molar-refractivity contribution in [2.24, 2.45) is 0 Å². The van der Waals surface area contributed by atoms with E-state index in [2.05, 4.69) is 24.0 Å². The van der Waals surface area contributed by atoms with Gasteiger partial charge in [0.1, 0.15) is 0 Å². The van der Waals surface area contributed by atoms with E-state index in [4.69, 9.17) is 10.3 Å². The fraction of sp³-hybridized carbons (Fsp3) is 0.455. The third-order valence-corrected chi connectivity index (χ3v) is 1.82. The second-order valence-electron chi connectivity index (χ2n) is 3.26. The molecule has 0 atom stereocenters. The molecule has 0 aliphatic rings. The molecule has 0 unspecified atom stereocenters. The summed E-state index contributed by atoms with van der Waals surface area (Å²) in [6.45, 7) is 6.26. The summed E-state index contributed by atoms with van der Waals surface area (Å²) in [6.07, 6.45) is 3.79. The zero-order valence-corrected chi connectivity index (χ0v) is 9.45. The monoisotopic (exact) mass is 207 g/mol. The van der Waals surface area contributed by atoms with Crippen molar-refractivity contribution in [3.63, 3.8) is 0 Å². The Kier molecular flexibility index (Phi) is 4.09. The van der Waals surface area contributed by atoms with Crippen LogP contribution in [0.1, 0.15) is 32.9 Å². The standard InChI is InChI=1S/C8H9N3O.C3H8/c1-2-6-7-5(3-4-10-6)8(9)11-12-7;1-3-2/h3-4H,2H2,1H3,(H2,9,11);3H2,1-2H3. The lowest BCUT2D eigenvalue weighted by Gasteiger charge is -1.93. The number of nitrogens with zero attached hydrogens (tertiary/aromatic N) is 2. The van der Waals surface area contributed by atoms with Crippen LogP contribution in [0.2, 0.25) is 0 Å². The van der Waals surface area contributed by atoms with E-state index >= 15 is 0 Å². The first-order valence-corrected chi connectivity index (χ1v) is 5.23. The van der Waals surface area contributed by atoms with Crippen LogP contribution in [-0.2, 0) is 6.42 Å². The third kappa shape index (κ3) is 2.46. The summed E-state index contributed by atoms with van der Waals surface area (Å²) in [6, 6.07) is 1.81. The molecule has 2 aromatic heterocycles. The molecule has 2 rings (SSSR count). The molecule has 2 aromatic rings. The highest BCUT2D eigenvalue weighted by molar-refractivity contribution is 5.87. The lowest BCUT2D eigenvalue weighted by Crippen LogP contribution is -1.87. The van der Waals surface area contributed by atoms with Crippen LogP contribution >= 0.6 is 0 Å². The minimum Gasteiger partial charge on any atom is -0.380 e. The second kappa shape index (κ2) is 5.34. The quantitative estimate of drug-likeness (QED) is 0.780. The molecule has 0 amide bonds. The fourth-order valence-electron chi connectivity index (χ4n) is 1.19. The number of nitrogen functional groups attached to an aromatic ring is 1. The summed E-state index contributed by atoms with van der Waals surface area (Å²) in [5.41, 5.74) is 7.17. The Morgan fingerprint density at radius 1 is 1.33 bits per heavy atom. The van der Waals surface area contributed by atoms with Crippen LogP contribution in [0.4, 0.5) is 5.82 Å². The molecule has 4 nitrogen and oxygen atoms in total. The molecule has 4 heteroatoms. The molecule has 2 heterocycles. The van der Waals surface area contributed by atoms with Crippen molar-refractivity contribution in [3.8, 4) is 0 Å². The molecule has 2 N–H and O–H groups in total. The Morgan fingerprint density at radius 3 is 2.60 bits per heavy atom. The zero-order chi connectivity index (χ0) is 11.3. The number of hydrogen-bond acceptors (Lipinski definition) is 4. The Labute approximate surface area is 89.5 Å². The Balaban J connectivity index is 0.000000337. The molecule has 0 saturated carbocycles. The molecule has 0 aliphatic heterocycles. The SMILES string of the molecule is CCC.CCc1nccc2c(N)noc12. The fourth-order valence-corrected chi connectivity index (χ4v) is 1.19. The number of nitrogens with two attached hydrogens (primary N) is 1. The van der Waals surface area contributed by atoms with E-state index in [1.807, 2.05) is 6.92 Å². The van der Waals surface area contributed by atoms with Gasteiger partial charge in [0, 0.05) is 6.20 Å². The van der Waals surface area contributed by atoms with Crippen LogP contribution in [0.3, 0.4) is 0 Å². The maximum atomic E-state index is 5.57. The van der Waals surface area contributed by atoms with Gasteiger partial charge >= 0.3 is 0 Å². The number of hydrogen-bond donors (Lipinski definition) is 1. The van der Waals surface area contributed by atoms with Crippen molar-refractivity contribution >= 4 is 16.8 Å². The number of anilines is 1. The predicted molar refractivity (Wildman–Crippen MR) is 61.6 cm³/mol. The summed E-state index contributed by atoms with van der Waals surface area (Å²) < 4.78 is 5.03. The van der Waals surface area contributed by atoms with E-state index in [9.17, 15) is 0 Å². The van der Waals surface area contributed by atoms with Gasteiger partial charge in [-0.3, -0.25) is 4.98 Å². The molecule has 15 heavy (non-hydrogen) atoms. The summed E-state index contributed by atoms with van der Waals surface area (Å²) in [7, 11) is 0. The minimum atomic E-state index is 0.433. The van der Waals surface area contributed by atoms with Gasteiger partial charge < -0.3 is 10.3 Å². The topological polar surface area (TPSA) is 64.9 Å². The van der Waals surface area contributed by atoms with Gasteiger partial charge in [-0.05, 0) is 12.5 Å². The maximum absolute atomic E-state index is 5.57. The number of pyridine rings is 1. The van der Waals surface area contributed by atoms with E-state index in [0.29, 0.717) is 11.4 Å². The normalized spacial score (nSPS) is 9.80. The van der Waals surface area contributed by atoms with E-state index in [1.54, 1.807) is 12.3 Å². The van der Waals surface area contributed by atoms with Crippen LogP contribution < -0.4 is 5.73 Å². The molecule has 0 spiro atoms. The van der Waals surface area contributed by atoms with Crippen LogP contribution in [0.15, 0.2) is 16.8 Å². The number of aromatic nitrogens is 2. The summed E-state index contributed by atoms with van der Waals surface area (Å²) in [5.74, 6) is 0.433. The number of aryl methyl sites for hydroxylation is 1. The van der Waals surface area contributed by atoms with Gasteiger partial charge in [-0.1, -0.05) is 32.3 Å². The molecule has 0 fully saturated rings. The smallest absolute Gasteiger partial charge is 0.190 e. The minimum absolute atomic E-state index is 0.433. The highest BCUT2D eigenvalue weighted by atomic mass is 16.5. The van der Waals surface area contributed by atoms with Crippen molar-refractivity contribution in [2.75, 3.05) is 5.73 Å². The zero-order valence-electron chi connectivity index (χ0n) is 9.45. The van der Waals surface area contributed by atoms with Crippen LogP contribution in [-0.4, -0.2) is 10.1 Å². The Morgan fingerprint density at radius 2 is 2.00 bits per heavy atom. The molecular weight excluding hydrogens is 190 g/mol. The summed E-state index contributed by atoms with van der Waals surface area (Å²) in [4.78, 5) is 4.15. The van der Waals surface area contributed by atoms with Crippen LogP contribution in [0.25, 0.3) is 11.0 Å². The van der Waals surface area contributed by atoms with Gasteiger partial charge in [-0.25, -0.2) is 0 Å². The largest absolute Gasteiger partial charge is 0.380 e. The summed E-state index contributed by atoms with van der Waals surface area (Å²) >= 11 is 0. The first-order valence-electron chi connectivity index (χ1n) is 5.23. The molecule has 0 radical (unpaired) electrons. The van der Waals surface area contributed by atoms with Gasteiger partial charge in [0.2, 0.25) is 0 Å². The van der Waals surface area contributed by atoms with Crippen molar-refractivity contribution in [2.45, 2.75) is 33.6 Å². The van der Waals surface area contributed by atoms with E-state index in [1.165, 1.54) is 6.42 Å². The van der Waals surface area contributed by atoms with Gasteiger partial charge in [-0.2, -0.15) is 0 Å². The molecule has 0 bridgehead atoms. The van der Waals surface area contributed by atoms with Crippen molar-refractivity contribution < 1.29 is 4.52 Å². The van der Waals surface area contributed by atoms with Crippen molar-refractivity contribution in [3.05, 3.63) is 18.0 Å². The molecule has 0 saturated heterocycles. The Hall–Kier alpha value is -1.58. The van der Waals surface area contributed by atoms with Gasteiger partial charge in [0.25, 0.3) is 0 Å². The van der Waals surface area contributed by atoms with Crippen LogP contribution in [0, 0.1) is 0 Å². The molecule has 0 aliphatic carbocycles. The Bertz CT molecular complexity index is 423. The first-order chi connectivity index (χ1) is 7.24. The van der Waals surface area contributed by atoms with Crippen LogP contribution in [0.5, 0.6) is 0 Å². The average Bonchev–Trinajstić information content (AvgIpc) is 2.62. The summed E-state index contributed by atoms with van der Waals surface area (Å²) in [5, 5.41) is 4.52. The van der Waals surface area contributed by atoms with Crippen molar-refractivity contribution in [1.82, 2.24) is 10.1 Å². The van der Waals surface area contributed by atoms with Crippen molar-refractivity contribution in [1.29, 1.82) is 0 Å². The molecule has 0 aromatic carbocycles. The highest BCUT2D eigenvalue weighted by Gasteiger charge is 2.08. The predicted octanol–water partition coefficient (Wildman–Crippen LogP) is 2.78. The number of fused-ring (bicyclic) bond motifs is 1. The van der Waals surface area contributed by atoms with E-state index < -0.39 is 0 Å². The number of rotatable bonds is 1. The maximum Gasteiger partial charge on any atom is 0.190 e. The van der Waals surface area contributed by atoms with E-state index in [0.717, 1.165) is 17.5 Å². The van der Waals surface area contributed by atoms with E-state index in [-0.39, 0.29) is 0 Å². The molecular formula is C11H17N3O. The lowest BCUT2D eigenvalue weighted by atomic mass is 10.2. The second-order valence-corrected chi connectivity index (χ2v) is 3.26. The van der Waals surface area contributed by atoms with Gasteiger partial charge in [-0.15, -0.1) is 0 Å². The van der Waals surface area contributed by atoms with Gasteiger partial charge in [0.15, 0.2) is 11.4 Å². The average molecular weight is 207 g/mol.